The highest BCUT2D eigenvalue weighted by molar-refractivity contribution is 5.93. The van der Waals surface area contributed by atoms with Gasteiger partial charge in [0, 0.05) is 55.6 Å². The van der Waals surface area contributed by atoms with Crippen LogP contribution in [0.5, 0.6) is 0 Å². The third-order valence-electron chi connectivity index (χ3n) is 6.30. The minimum Gasteiger partial charge on any atom is -0.337 e. The van der Waals surface area contributed by atoms with Crippen molar-refractivity contribution in [1.29, 1.82) is 0 Å². The summed E-state index contributed by atoms with van der Waals surface area (Å²) in [6, 6.07) is 18.2. The van der Waals surface area contributed by atoms with Crippen molar-refractivity contribution in [1.82, 2.24) is 24.6 Å². The molecule has 3 aromatic heterocycles. The second kappa shape index (κ2) is 9.55. The largest absolute Gasteiger partial charge is 0.337 e. The minimum atomic E-state index is -0.231. The van der Waals surface area contributed by atoms with E-state index in [-0.39, 0.29) is 11.7 Å². The molecule has 0 unspecified atom stereocenters. The number of carbonyl (C=O) groups excluding carboxylic acids is 1. The minimum absolute atomic E-state index is 0.0396. The zero-order valence-corrected chi connectivity index (χ0v) is 19.1. The average Bonchev–Trinajstić information content (AvgIpc) is 3.32. The number of hydrogen-bond donors (Lipinski definition) is 0. The van der Waals surface area contributed by atoms with Crippen LogP contribution in [0.4, 0.5) is 4.39 Å². The molecule has 1 aliphatic heterocycles. The molecule has 0 spiro atoms. The molecule has 5 rings (SSSR count). The zero-order chi connectivity index (χ0) is 23.5. The number of nitrogens with zero attached hydrogens (tertiary/aromatic N) is 5. The van der Waals surface area contributed by atoms with Gasteiger partial charge in [0.2, 0.25) is 0 Å². The lowest BCUT2D eigenvalue weighted by Crippen LogP contribution is -2.38. The highest BCUT2D eigenvalue weighted by Gasteiger charge is 2.26. The van der Waals surface area contributed by atoms with Crippen molar-refractivity contribution >= 4 is 5.91 Å². The summed E-state index contributed by atoms with van der Waals surface area (Å²) in [7, 11) is 1.86. The number of pyridine rings is 2. The summed E-state index contributed by atoms with van der Waals surface area (Å²) in [6.45, 7) is 1.35. The van der Waals surface area contributed by atoms with Crippen LogP contribution >= 0.6 is 0 Å². The summed E-state index contributed by atoms with van der Waals surface area (Å²) in [5.41, 5.74) is 5.16. The van der Waals surface area contributed by atoms with Gasteiger partial charge < -0.3 is 4.90 Å². The third kappa shape index (κ3) is 4.88. The molecule has 0 bridgehead atoms. The normalized spacial score (nSPS) is 14.4. The van der Waals surface area contributed by atoms with Crippen molar-refractivity contribution in [2.75, 3.05) is 13.1 Å². The Morgan fingerprint density at radius 2 is 1.76 bits per heavy atom. The number of aromatic nitrogens is 4. The summed E-state index contributed by atoms with van der Waals surface area (Å²) in [5, 5.41) is 4.19. The van der Waals surface area contributed by atoms with Gasteiger partial charge in [-0.25, -0.2) is 9.37 Å². The van der Waals surface area contributed by atoms with Crippen LogP contribution in [0.15, 0.2) is 73.1 Å². The van der Waals surface area contributed by atoms with Crippen LogP contribution in [0.3, 0.4) is 0 Å². The molecule has 0 saturated carbocycles. The van der Waals surface area contributed by atoms with Crippen LogP contribution < -0.4 is 0 Å². The molecular formula is C27H26FN5O. The first kappa shape index (κ1) is 21.9. The van der Waals surface area contributed by atoms with Gasteiger partial charge in [-0.3, -0.25) is 14.5 Å². The standard InChI is InChI=1S/C27H26FN5O/c1-32-18-21(17-29-32)25-6-3-7-26(31-25)27(34)33-14-12-20(13-15-33)24-5-2-4-23(30-24)16-19-8-10-22(28)11-9-19/h2-11,17-18,20H,12-16H2,1H3. The number of amides is 1. The van der Waals surface area contributed by atoms with E-state index in [1.807, 2.05) is 42.4 Å². The fourth-order valence-corrected chi connectivity index (χ4v) is 4.44. The number of piperidine rings is 1. The number of aryl methyl sites for hydroxylation is 1. The fraction of sp³-hybridized carbons (Fsp3) is 0.259. The summed E-state index contributed by atoms with van der Waals surface area (Å²) in [4.78, 5) is 24.5. The van der Waals surface area contributed by atoms with Crippen molar-refractivity contribution in [3.63, 3.8) is 0 Å². The summed E-state index contributed by atoms with van der Waals surface area (Å²) in [5.74, 6) is 0.0416. The van der Waals surface area contributed by atoms with Gasteiger partial charge in [-0.2, -0.15) is 5.10 Å². The second-order valence-corrected chi connectivity index (χ2v) is 8.73. The van der Waals surface area contributed by atoms with Gasteiger partial charge in [-0.1, -0.05) is 24.3 Å². The molecule has 6 nitrogen and oxygen atoms in total. The molecule has 172 valence electrons. The van der Waals surface area contributed by atoms with E-state index in [0.29, 0.717) is 31.1 Å². The highest BCUT2D eigenvalue weighted by Crippen LogP contribution is 2.28. The van der Waals surface area contributed by atoms with Gasteiger partial charge in [-0.05, 0) is 54.8 Å². The van der Waals surface area contributed by atoms with Crippen molar-refractivity contribution in [3.8, 4) is 11.3 Å². The maximum atomic E-state index is 13.2. The Morgan fingerprint density at radius 1 is 1.00 bits per heavy atom. The number of carbonyl (C=O) groups is 1. The summed E-state index contributed by atoms with van der Waals surface area (Å²) in [6.07, 6.45) is 6.03. The Bertz CT molecular complexity index is 1290. The van der Waals surface area contributed by atoms with Crippen molar-refractivity contribution in [2.24, 2.45) is 7.05 Å². The Morgan fingerprint density at radius 3 is 2.50 bits per heavy atom. The SMILES string of the molecule is Cn1cc(-c2cccc(C(=O)N3CCC(c4cccc(Cc5ccc(F)cc5)n4)CC3)n2)cn1. The average molecular weight is 456 g/mol. The fourth-order valence-electron chi connectivity index (χ4n) is 4.44. The van der Waals surface area contributed by atoms with Gasteiger partial charge in [0.25, 0.3) is 5.91 Å². The van der Waals surface area contributed by atoms with E-state index in [2.05, 4.69) is 16.1 Å². The Hall–Kier alpha value is -3.87. The van der Waals surface area contributed by atoms with Crippen LogP contribution in [0.25, 0.3) is 11.3 Å². The van der Waals surface area contributed by atoms with Crippen LogP contribution in [-0.2, 0) is 13.5 Å². The van der Waals surface area contributed by atoms with Gasteiger partial charge in [0.1, 0.15) is 11.5 Å². The van der Waals surface area contributed by atoms with Crippen LogP contribution in [0, 0.1) is 5.82 Å². The molecule has 1 amide bonds. The van der Waals surface area contributed by atoms with Gasteiger partial charge in [0.15, 0.2) is 0 Å². The molecule has 7 heteroatoms. The first-order valence-corrected chi connectivity index (χ1v) is 11.5. The second-order valence-electron chi connectivity index (χ2n) is 8.73. The van der Waals surface area contributed by atoms with Gasteiger partial charge in [-0.15, -0.1) is 0 Å². The molecule has 34 heavy (non-hydrogen) atoms. The molecule has 1 aromatic carbocycles. The first-order valence-electron chi connectivity index (χ1n) is 11.5. The van der Waals surface area contributed by atoms with Crippen molar-refractivity contribution in [2.45, 2.75) is 25.2 Å². The number of halogens is 1. The zero-order valence-electron chi connectivity index (χ0n) is 19.1. The maximum Gasteiger partial charge on any atom is 0.272 e. The van der Waals surface area contributed by atoms with Gasteiger partial charge >= 0.3 is 0 Å². The molecule has 1 saturated heterocycles. The Labute approximate surface area is 198 Å². The number of likely N-dealkylation sites (tertiary alicyclic amines) is 1. The topological polar surface area (TPSA) is 63.9 Å². The smallest absolute Gasteiger partial charge is 0.272 e. The molecule has 1 aliphatic rings. The Kier molecular flexibility index (Phi) is 6.16. The summed E-state index contributed by atoms with van der Waals surface area (Å²) >= 11 is 0. The number of benzene rings is 1. The molecule has 1 fully saturated rings. The van der Waals surface area contributed by atoms with E-state index in [9.17, 15) is 9.18 Å². The molecule has 0 atom stereocenters. The Balaban J connectivity index is 1.23. The lowest BCUT2D eigenvalue weighted by molar-refractivity contribution is 0.0706. The molecule has 0 aliphatic carbocycles. The highest BCUT2D eigenvalue weighted by atomic mass is 19.1. The molecule has 4 aromatic rings. The van der Waals surface area contributed by atoms with E-state index in [1.165, 1.54) is 12.1 Å². The van der Waals surface area contributed by atoms with Crippen molar-refractivity contribution < 1.29 is 9.18 Å². The van der Waals surface area contributed by atoms with Crippen LogP contribution in [0.1, 0.15) is 46.2 Å². The van der Waals surface area contributed by atoms with Gasteiger partial charge in [0.05, 0.1) is 11.9 Å². The quantitative estimate of drug-likeness (QED) is 0.440. The predicted molar refractivity (Wildman–Crippen MR) is 128 cm³/mol. The third-order valence-corrected chi connectivity index (χ3v) is 6.30. The van der Waals surface area contributed by atoms with E-state index in [1.54, 1.807) is 29.1 Å². The van der Waals surface area contributed by atoms with E-state index in [4.69, 9.17) is 4.98 Å². The monoisotopic (exact) mass is 455 g/mol. The lowest BCUT2D eigenvalue weighted by Gasteiger charge is -2.31. The first-order chi connectivity index (χ1) is 16.5. The van der Waals surface area contributed by atoms with Crippen molar-refractivity contribution in [3.05, 3.63) is 102 Å². The maximum absolute atomic E-state index is 13.2. The summed E-state index contributed by atoms with van der Waals surface area (Å²) < 4.78 is 14.9. The van der Waals surface area contributed by atoms with E-state index < -0.39 is 0 Å². The lowest BCUT2D eigenvalue weighted by atomic mass is 9.92. The molecule has 0 radical (unpaired) electrons. The van der Waals surface area contributed by atoms with E-state index in [0.717, 1.165) is 41.1 Å². The van der Waals surface area contributed by atoms with Crippen LogP contribution in [0.2, 0.25) is 0 Å². The number of rotatable bonds is 5. The van der Waals surface area contributed by atoms with E-state index >= 15 is 0 Å². The number of hydrogen-bond acceptors (Lipinski definition) is 4. The molecular weight excluding hydrogens is 429 g/mol. The molecule has 4 heterocycles. The molecule has 0 N–H and O–H groups in total. The van der Waals surface area contributed by atoms with Crippen LogP contribution in [-0.4, -0.2) is 43.6 Å². The predicted octanol–water partition coefficient (Wildman–Crippen LogP) is 4.63.